The normalized spacial score (nSPS) is 18.0. The van der Waals surface area contributed by atoms with Gasteiger partial charge in [-0.1, -0.05) is 18.2 Å². The monoisotopic (exact) mass is 270 g/mol. The van der Waals surface area contributed by atoms with Crippen LogP contribution in [0.4, 0.5) is 5.69 Å². The molecule has 0 atom stereocenters. The van der Waals surface area contributed by atoms with Gasteiger partial charge in [0, 0.05) is 46.1 Å². The summed E-state index contributed by atoms with van der Waals surface area (Å²) in [5.41, 5.74) is 1.20. The van der Waals surface area contributed by atoms with Crippen molar-refractivity contribution in [3.05, 3.63) is 30.3 Å². The Morgan fingerprint density at radius 3 is 2.06 bits per heavy atom. The second kappa shape index (κ2) is 5.85. The van der Waals surface area contributed by atoms with Crippen molar-refractivity contribution >= 4 is 13.4 Å². The summed E-state index contributed by atoms with van der Waals surface area (Å²) in [4.78, 5) is 2.27. The van der Waals surface area contributed by atoms with Crippen LogP contribution in [0.3, 0.4) is 0 Å². The Labute approximate surface area is 108 Å². The maximum absolute atomic E-state index is 12.2. The lowest BCUT2D eigenvalue weighted by Crippen LogP contribution is -2.45. The van der Waals surface area contributed by atoms with E-state index in [9.17, 15) is 4.57 Å². The standard InChI is InChI=1S/C12H19N2O3P/c1-16-18(15,17-2)14-10-8-13(9-11-14)12-6-4-3-5-7-12/h3-7H,8-11H2,1-2H3. The molecule has 1 aliphatic rings. The van der Waals surface area contributed by atoms with Crippen molar-refractivity contribution in [2.75, 3.05) is 45.3 Å². The van der Waals surface area contributed by atoms with Crippen LogP contribution >= 0.6 is 7.75 Å². The Balaban J connectivity index is 1.98. The highest BCUT2D eigenvalue weighted by Crippen LogP contribution is 2.50. The van der Waals surface area contributed by atoms with E-state index in [1.807, 2.05) is 18.2 Å². The Morgan fingerprint density at radius 1 is 1.00 bits per heavy atom. The largest absolute Gasteiger partial charge is 0.407 e. The Hall–Kier alpha value is -0.870. The third-order valence-electron chi connectivity index (χ3n) is 3.19. The fraction of sp³-hybridized carbons (Fsp3) is 0.500. The van der Waals surface area contributed by atoms with Gasteiger partial charge in [-0.2, -0.15) is 0 Å². The first-order valence-corrected chi connectivity index (χ1v) is 7.46. The van der Waals surface area contributed by atoms with Crippen LogP contribution in [0.2, 0.25) is 0 Å². The van der Waals surface area contributed by atoms with E-state index in [1.54, 1.807) is 4.67 Å². The van der Waals surface area contributed by atoms with Crippen LogP contribution in [0, 0.1) is 0 Å². The van der Waals surface area contributed by atoms with E-state index in [0.717, 1.165) is 13.1 Å². The minimum absolute atomic E-state index is 0.674. The number of anilines is 1. The number of hydrogen-bond donors (Lipinski definition) is 0. The fourth-order valence-electron chi connectivity index (χ4n) is 2.14. The molecule has 0 N–H and O–H groups in total. The van der Waals surface area contributed by atoms with Gasteiger partial charge in [0.15, 0.2) is 0 Å². The van der Waals surface area contributed by atoms with Gasteiger partial charge in [0.25, 0.3) is 0 Å². The Kier molecular flexibility index (Phi) is 4.40. The van der Waals surface area contributed by atoms with Crippen molar-refractivity contribution in [1.82, 2.24) is 4.67 Å². The number of piperazine rings is 1. The maximum Gasteiger partial charge on any atom is 0.407 e. The van der Waals surface area contributed by atoms with Crippen LogP contribution in [0.5, 0.6) is 0 Å². The molecule has 1 aliphatic heterocycles. The molecular formula is C12H19N2O3P. The molecule has 1 aromatic carbocycles. The summed E-state index contributed by atoms with van der Waals surface area (Å²) < 4.78 is 24.0. The quantitative estimate of drug-likeness (QED) is 0.785. The van der Waals surface area contributed by atoms with Gasteiger partial charge in [0.05, 0.1) is 0 Å². The number of hydrogen-bond acceptors (Lipinski definition) is 4. The summed E-state index contributed by atoms with van der Waals surface area (Å²) in [6, 6.07) is 10.2. The molecule has 0 unspecified atom stereocenters. The van der Waals surface area contributed by atoms with Gasteiger partial charge in [-0.05, 0) is 12.1 Å². The van der Waals surface area contributed by atoms with Crippen molar-refractivity contribution in [2.45, 2.75) is 0 Å². The minimum Gasteiger partial charge on any atom is -0.369 e. The van der Waals surface area contributed by atoms with Crippen molar-refractivity contribution in [3.8, 4) is 0 Å². The van der Waals surface area contributed by atoms with E-state index in [2.05, 4.69) is 17.0 Å². The fourth-order valence-corrected chi connectivity index (χ4v) is 3.42. The van der Waals surface area contributed by atoms with E-state index in [0.29, 0.717) is 13.1 Å². The van der Waals surface area contributed by atoms with E-state index >= 15 is 0 Å². The van der Waals surface area contributed by atoms with E-state index in [-0.39, 0.29) is 0 Å². The van der Waals surface area contributed by atoms with Gasteiger partial charge in [0.2, 0.25) is 0 Å². The number of rotatable bonds is 4. The molecule has 0 spiro atoms. The maximum atomic E-state index is 12.2. The smallest absolute Gasteiger partial charge is 0.369 e. The summed E-state index contributed by atoms with van der Waals surface area (Å²) in [7, 11) is -0.219. The molecule has 0 radical (unpaired) electrons. The molecule has 18 heavy (non-hydrogen) atoms. The van der Waals surface area contributed by atoms with E-state index in [1.165, 1.54) is 19.9 Å². The lowest BCUT2D eigenvalue weighted by molar-refractivity contribution is 0.203. The van der Waals surface area contributed by atoms with Crippen molar-refractivity contribution in [1.29, 1.82) is 0 Å². The molecular weight excluding hydrogens is 251 g/mol. The average molecular weight is 270 g/mol. The molecule has 6 heteroatoms. The molecule has 0 bridgehead atoms. The van der Waals surface area contributed by atoms with Crippen LogP contribution in [-0.2, 0) is 13.6 Å². The summed E-state index contributed by atoms with van der Waals surface area (Å²) >= 11 is 0. The summed E-state index contributed by atoms with van der Waals surface area (Å²) in [6.07, 6.45) is 0. The zero-order chi connectivity index (χ0) is 13.0. The van der Waals surface area contributed by atoms with E-state index < -0.39 is 7.75 Å². The molecule has 1 fully saturated rings. The molecule has 0 aromatic heterocycles. The first-order valence-electron chi connectivity index (χ1n) is 5.96. The molecule has 0 saturated carbocycles. The van der Waals surface area contributed by atoms with Crippen LogP contribution in [0.25, 0.3) is 0 Å². The van der Waals surface area contributed by atoms with Crippen molar-refractivity contribution in [3.63, 3.8) is 0 Å². The zero-order valence-electron chi connectivity index (χ0n) is 10.8. The number of nitrogens with zero attached hydrogens (tertiary/aromatic N) is 2. The topological polar surface area (TPSA) is 42.0 Å². The lowest BCUT2D eigenvalue weighted by atomic mass is 10.2. The molecule has 0 aliphatic carbocycles. The molecule has 5 nitrogen and oxygen atoms in total. The van der Waals surface area contributed by atoms with Gasteiger partial charge >= 0.3 is 7.75 Å². The molecule has 100 valence electrons. The van der Waals surface area contributed by atoms with Gasteiger partial charge in [-0.3, -0.25) is 9.05 Å². The van der Waals surface area contributed by atoms with Crippen LogP contribution in [0.1, 0.15) is 0 Å². The van der Waals surface area contributed by atoms with Crippen LogP contribution in [-0.4, -0.2) is 45.1 Å². The third kappa shape index (κ3) is 2.75. The minimum atomic E-state index is -3.07. The number of para-hydroxylation sites is 1. The Bertz CT molecular complexity index is 411. The second-order valence-electron chi connectivity index (χ2n) is 4.11. The highest BCUT2D eigenvalue weighted by Gasteiger charge is 2.33. The van der Waals surface area contributed by atoms with Crippen molar-refractivity contribution in [2.24, 2.45) is 0 Å². The highest BCUT2D eigenvalue weighted by molar-refractivity contribution is 7.51. The molecule has 1 saturated heterocycles. The summed E-state index contributed by atoms with van der Waals surface area (Å²) in [5.74, 6) is 0. The Morgan fingerprint density at radius 2 is 1.56 bits per heavy atom. The first-order chi connectivity index (χ1) is 8.69. The molecule has 1 aromatic rings. The second-order valence-corrected chi connectivity index (χ2v) is 6.34. The molecule has 1 heterocycles. The molecule has 2 rings (SSSR count). The third-order valence-corrected chi connectivity index (χ3v) is 5.20. The number of benzene rings is 1. The van der Waals surface area contributed by atoms with Gasteiger partial charge in [-0.25, -0.2) is 9.24 Å². The average Bonchev–Trinajstić information content (AvgIpc) is 2.47. The lowest BCUT2D eigenvalue weighted by Gasteiger charge is -2.37. The van der Waals surface area contributed by atoms with Crippen LogP contribution < -0.4 is 4.90 Å². The predicted octanol–water partition coefficient (Wildman–Crippen LogP) is 2.21. The summed E-state index contributed by atoms with van der Waals surface area (Å²) in [6.45, 7) is 2.99. The van der Waals surface area contributed by atoms with E-state index in [4.69, 9.17) is 9.05 Å². The van der Waals surface area contributed by atoms with Gasteiger partial charge in [-0.15, -0.1) is 0 Å². The van der Waals surface area contributed by atoms with Gasteiger partial charge < -0.3 is 4.90 Å². The van der Waals surface area contributed by atoms with Crippen molar-refractivity contribution < 1.29 is 13.6 Å². The SMILES string of the molecule is COP(=O)(OC)N1CCN(c2ccccc2)CC1. The highest BCUT2D eigenvalue weighted by atomic mass is 31.2. The summed E-state index contributed by atoms with van der Waals surface area (Å²) in [5, 5.41) is 0. The first kappa shape index (κ1) is 13.6. The zero-order valence-corrected chi connectivity index (χ0v) is 11.7. The molecule has 0 amide bonds. The van der Waals surface area contributed by atoms with Gasteiger partial charge in [0.1, 0.15) is 0 Å². The van der Waals surface area contributed by atoms with Crippen LogP contribution in [0.15, 0.2) is 30.3 Å². The predicted molar refractivity (Wildman–Crippen MR) is 71.9 cm³/mol.